The summed E-state index contributed by atoms with van der Waals surface area (Å²) < 4.78 is 2.60. The van der Waals surface area contributed by atoms with E-state index in [1.165, 1.54) is 16.6 Å². The highest BCUT2D eigenvalue weighted by atomic mass is 79.9. The fourth-order valence-electron chi connectivity index (χ4n) is 2.80. The molecule has 0 saturated heterocycles. The van der Waals surface area contributed by atoms with E-state index >= 15 is 0 Å². The molecule has 0 spiro atoms. The maximum atomic E-state index is 12.8. The molecular weight excluding hydrogens is 470 g/mol. The summed E-state index contributed by atoms with van der Waals surface area (Å²) in [5.74, 6) is -0.343. The Morgan fingerprint density at radius 3 is 2.77 bits per heavy atom. The van der Waals surface area contributed by atoms with Gasteiger partial charge in [0.05, 0.1) is 22.0 Å². The van der Waals surface area contributed by atoms with Crippen LogP contribution in [0.1, 0.15) is 22.6 Å². The van der Waals surface area contributed by atoms with Crippen LogP contribution in [0.15, 0.2) is 44.5 Å². The number of hydrogen-bond donors (Lipinski definition) is 0. The van der Waals surface area contributed by atoms with E-state index in [1.807, 2.05) is 0 Å². The van der Waals surface area contributed by atoms with Gasteiger partial charge in [0.2, 0.25) is 5.78 Å². The van der Waals surface area contributed by atoms with Crippen molar-refractivity contribution in [2.75, 3.05) is 0 Å². The number of ketones is 1. The van der Waals surface area contributed by atoms with Crippen molar-refractivity contribution in [1.29, 1.82) is 0 Å². The van der Waals surface area contributed by atoms with Gasteiger partial charge in [0, 0.05) is 33.5 Å². The van der Waals surface area contributed by atoms with E-state index in [1.54, 1.807) is 18.5 Å². The molecule has 4 rings (SSSR count). The van der Waals surface area contributed by atoms with Crippen LogP contribution in [0.4, 0.5) is 11.4 Å². The van der Waals surface area contributed by atoms with E-state index < -0.39 is 4.92 Å². The lowest BCUT2D eigenvalue weighted by atomic mass is 10.0. The number of aryl methyl sites for hydroxylation is 1. The molecule has 1 aliphatic heterocycles. The number of aromatic nitrogens is 3. The molecule has 130 valence electrons. The third kappa shape index (κ3) is 2.95. The predicted octanol–water partition coefficient (Wildman–Crippen LogP) is 4.06. The van der Waals surface area contributed by atoms with Crippen molar-refractivity contribution in [3.8, 4) is 0 Å². The number of pyridine rings is 2. The van der Waals surface area contributed by atoms with Crippen LogP contribution in [-0.4, -0.2) is 31.0 Å². The van der Waals surface area contributed by atoms with Crippen molar-refractivity contribution in [3.05, 3.63) is 61.0 Å². The first kappa shape index (κ1) is 17.0. The van der Waals surface area contributed by atoms with Crippen LogP contribution in [0.2, 0.25) is 0 Å². The summed E-state index contributed by atoms with van der Waals surface area (Å²) in [6.45, 7) is 0. The molecule has 0 unspecified atom stereocenters. The van der Waals surface area contributed by atoms with Crippen molar-refractivity contribution in [2.24, 2.45) is 4.99 Å². The van der Waals surface area contributed by atoms with Gasteiger partial charge in [-0.1, -0.05) is 0 Å². The SMILES string of the molecule is O=C(C1=Nc2cc(Br)cnc2CC1)c1cc2c([N+](=O)[O-])cc(Br)cn2n1. The minimum absolute atomic E-state index is 0.122. The van der Waals surface area contributed by atoms with Gasteiger partial charge in [0.15, 0.2) is 0 Å². The Hall–Kier alpha value is -2.46. The second-order valence-corrected chi connectivity index (χ2v) is 7.50. The van der Waals surface area contributed by atoms with Gasteiger partial charge in [0.1, 0.15) is 11.2 Å². The lowest BCUT2D eigenvalue weighted by molar-refractivity contribution is -0.383. The van der Waals surface area contributed by atoms with Crippen LogP contribution in [0.25, 0.3) is 5.52 Å². The van der Waals surface area contributed by atoms with E-state index in [2.05, 4.69) is 46.9 Å². The summed E-state index contributed by atoms with van der Waals surface area (Å²) >= 11 is 6.56. The van der Waals surface area contributed by atoms with Crippen LogP contribution < -0.4 is 0 Å². The molecule has 10 heteroatoms. The molecule has 3 aromatic heterocycles. The Morgan fingerprint density at radius 2 is 2.00 bits per heavy atom. The number of aliphatic imine (C=N–C) groups is 1. The minimum Gasteiger partial charge on any atom is -0.285 e. The molecule has 0 saturated carbocycles. The molecule has 26 heavy (non-hydrogen) atoms. The normalized spacial score (nSPS) is 13.4. The summed E-state index contributed by atoms with van der Waals surface area (Å²) in [5, 5.41) is 15.4. The predicted molar refractivity (Wildman–Crippen MR) is 101 cm³/mol. The first-order valence-corrected chi connectivity index (χ1v) is 9.11. The molecule has 8 nitrogen and oxygen atoms in total. The Bertz CT molecular complexity index is 1120. The summed E-state index contributed by atoms with van der Waals surface area (Å²) in [7, 11) is 0. The molecule has 3 aromatic rings. The van der Waals surface area contributed by atoms with Crippen LogP contribution in [0.5, 0.6) is 0 Å². The monoisotopic (exact) mass is 477 g/mol. The molecule has 0 atom stereocenters. The largest absolute Gasteiger partial charge is 0.296 e. The Kier molecular flexibility index (Phi) is 4.16. The van der Waals surface area contributed by atoms with Gasteiger partial charge in [-0.2, -0.15) is 5.10 Å². The van der Waals surface area contributed by atoms with E-state index in [9.17, 15) is 14.9 Å². The first-order chi connectivity index (χ1) is 12.4. The highest BCUT2D eigenvalue weighted by molar-refractivity contribution is 9.10. The van der Waals surface area contributed by atoms with Gasteiger partial charge in [0.25, 0.3) is 5.69 Å². The second kappa shape index (κ2) is 6.36. The average Bonchev–Trinajstić information content (AvgIpc) is 3.03. The number of hydrogen-bond acceptors (Lipinski definition) is 6. The zero-order valence-corrected chi connectivity index (χ0v) is 16.2. The van der Waals surface area contributed by atoms with Gasteiger partial charge < -0.3 is 0 Å². The van der Waals surface area contributed by atoms with Crippen molar-refractivity contribution in [2.45, 2.75) is 12.8 Å². The smallest absolute Gasteiger partial charge is 0.285 e. The van der Waals surface area contributed by atoms with Gasteiger partial charge in [-0.25, -0.2) is 9.51 Å². The van der Waals surface area contributed by atoms with E-state index in [0.717, 1.165) is 10.2 Å². The molecule has 0 aliphatic carbocycles. The van der Waals surface area contributed by atoms with Gasteiger partial charge in [-0.05, 0) is 50.8 Å². The third-order valence-corrected chi connectivity index (χ3v) is 4.85. The van der Waals surface area contributed by atoms with Crippen molar-refractivity contribution in [1.82, 2.24) is 14.6 Å². The number of carbonyl (C=O) groups excluding carboxylic acids is 1. The topological polar surface area (TPSA) is 103 Å². The van der Waals surface area contributed by atoms with Gasteiger partial charge in [-0.3, -0.25) is 19.9 Å². The van der Waals surface area contributed by atoms with Crippen LogP contribution >= 0.6 is 31.9 Å². The summed E-state index contributed by atoms with van der Waals surface area (Å²) in [5.41, 5.74) is 2.09. The summed E-state index contributed by atoms with van der Waals surface area (Å²) in [4.78, 5) is 32.2. The van der Waals surface area contributed by atoms with Crippen molar-refractivity contribution >= 4 is 60.2 Å². The van der Waals surface area contributed by atoms with E-state index in [-0.39, 0.29) is 22.7 Å². The van der Waals surface area contributed by atoms with Crippen LogP contribution in [0, 0.1) is 10.1 Å². The number of nitrogens with zero attached hydrogens (tertiary/aromatic N) is 5. The maximum absolute atomic E-state index is 12.8. The average molecular weight is 479 g/mol. The highest BCUT2D eigenvalue weighted by Gasteiger charge is 2.24. The Labute approximate surface area is 163 Å². The van der Waals surface area contributed by atoms with Crippen LogP contribution in [0.3, 0.4) is 0 Å². The zero-order chi connectivity index (χ0) is 18.4. The Morgan fingerprint density at radius 1 is 1.19 bits per heavy atom. The zero-order valence-electron chi connectivity index (χ0n) is 13.0. The number of fused-ring (bicyclic) bond motifs is 2. The summed E-state index contributed by atoms with van der Waals surface area (Å²) in [6, 6.07) is 4.60. The van der Waals surface area contributed by atoms with E-state index in [0.29, 0.717) is 28.7 Å². The summed E-state index contributed by atoms with van der Waals surface area (Å²) in [6.07, 6.45) is 4.31. The number of nitro groups is 1. The fraction of sp³-hybridized carbons (Fsp3) is 0.125. The maximum Gasteiger partial charge on any atom is 0.296 e. The number of halogens is 2. The first-order valence-electron chi connectivity index (χ1n) is 7.52. The molecule has 0 amide bonds. The number of rotatable bonds is 3. The van der Waals surface area contributed by atoms with Gasteiger partial charge >= 0.3 is 0 Å². The second-order valence-electron chi connectivity index (χ2n) is 5.67. The highest BCUT2D eigenvalue weighted by Crippen LogP contribution is 2.29. The number of carbonyl (C=O) groups is 1. The number of Topliss-reactive ketones (excluding diaryl/α,β-unsaturated/α-hetero) is 1. The molecule has 1 aliphatic rings. The molecular formula is C16H9Br2N5O3. The lowest BCUT2D eigenvalue weighted by Gasteiger charge is -2.13. The molecule has 0 N–H and O–H groups in total. The lowest BCUT2D eigenvalue weighted by Crippen LogP contribution is -2.18. The quantitative estimate of drug-likeness (QED) is 0.320. The van der Waals surface area contributed by atoms with E-state index in [4.69, 9.17) is 0 Å². The molecule has 0 fully saturated rings. The standard InChI is InChI=1S/C16H9Br2N5O3/c17-8-3-12-10(19-6-8)1-2-11(20-12)16(24)13-5-14-15(23(25)26)4-9(18)7-22(14)21-13/h3-7H,1-2H2. The van der Waals surface area contributed by atoms with Crippen LogP contribution in [-0.2, 0) is 6.42 Å². The minimum atomic E-state index is -0.506. The Balaban J connectivity index is 1.77. The van der Waals surface area contributed by atoms with Crippen molar-refractivity contribution < 1.29 is 9.72 Å². The van der Waals surface area contributed by atoms with Crippen molar-refractivity contribution in [3.63, 3.8) is 0 Å². The molecule has 4 heterocycles. The molecule has 0 radical (unpaired) electrons. The fourth-order valence-corrected chi connectivity index (χ4v) is 3.53. The molecule has 0 aromatic carbocycles. The molecule has 0 bridgehead atoms. The van der Waals surface area contributed by atoms with Gasteiger partial charge in [-0.15, -0.1) is 0 Å². The third-order valence-electron chi connectivity index (χ3n) is 3.98.